The summed E-state index contributed by atoms with van der Waals surface area (Å²) in [4.78, 5) is 13.5. The van der Waals surface area contributed by atoms with E-state index < -0.39 is 0 Å². The normalized spacial score (nSPS) is 14.1. The summed E-state index contributed by atoms with van der Waals surface area (Å²) in [6, 6.07) is 13.6. The number of benzene rings is 1. The average molecular weight is 363 g/mol. The molecule has 1 aliphatic rings. The molecule has 138 valence electrons. The molecule has 0 saturated carbocycles. The van der Waals surface area contributed by atoms with Gasteiger partial charge in [0.1, 0.15) is 11.6 Å². The fraction of sp³-hybridized carbons (Fsp3) is 0.263. The van der Waals surface area contributed by atoms with Gasteiger partial charge in [0, 0.05) is 44.1 Å². The summed E-state index contributed by atoms with van der Waals surface area (Å²) in [6.45, 7) is 3.49. The molecule has 3 heterocycles. The molecule has 8 nitrogen and oxygen atoms in total. The molecule has 0 bridgehead atoms. The van der Waals surface area contributed by atoms with Crippen LogP contribution in [0.15, 0.2) is 54.9 Å². The lowest BCUT2D eigenvalue weighted by molar-refractivity contribution is 0.415. The zero-order valence-electron chi connectivity index (χ0n) is 15.1. The van der Waals surface area contributed by atoms with Gasteiger partial charge in [-0.15, -0.1) is 5.10 Å². The second-order valence-corrected chi connectivity index (χ2v) is 6.16. The first-order valence-corrected chi connectivity index (χ1v) is 8.83. The molecule has 3 aromatic rings. The van der Waals surface area contributed by atoms with E-state index in [1.807, 2.05) is 48.7 Å². The van der Waals surface area contributed by atoms with Crippen LogP contribution < -0.4 is 19.9 Å². The zero-order chi connectivity index (χ0) is 18.5. The number of nitrogens with one attached hydrogen (secondary N) is 1. The van der Waals surface area contributed by atoms with Crippen LogP contribution >= 0.6 is 0 Å². The molecule has 1 fully saturated rings. The van der Waals surface area contributed by atoms with Gasteiger partial charge in [0.2, 0.25) is 5.95 Å². The zero-order valence-corrected chi connectivity index (χ0v) is 15.1. The largest absolute Gasteiger partial charge is 0.497 e. The van der Waals surface area contributed by atoms with E-state index in [1.54, 1.807) is 13.3 Å². The van der Waals surface area contributed by atoms with Crippen molar-refractivity contribution in [3.8, 4) is 5.75 Å². The number of rotatable bonds is 5. The van der Waals surface area contributed by atoms with Gasteiger partial charge in [-0.25, -0.2) is 4.98 Å². The highest BCUT2D eigenvalue weighted by Crippen LogP contribution is 2.21. The number of pyridine rings is 1. The Balaban J connectivity index is 1.42. The maximum absolute atomic E-state index is 5.24. The molecule has 1 N–H and O–H groups in total. The van der Waals surface area contributed by atoms with Gasteiger partial charge in [-0.2, -0.15) is 10.1 Å². The van der Waals surface area contributed by atoms with Crippen molar-refractivity contribution >= 4 is 23.3 Å². The first-order valence-electron chi connectivity index (χ1n) is 8.83. The van der Waals surface area contributed by atoms with Crippen LogP contribution in [-0.4, -0.2) is 53.5 Å². The minimum Gasteiger partial charge on any atom is -0.497 e. The van der Waals surface area contributed by atoms with Crippen LogP contribution in [0.2, 0.25) is 0 Å². The van der Waals surface area contributed by atoms with Crippen LogP contribution in [0.25, 0.3) is 0 Å². The molecule has 8 heteroatoms. The molecule has 0 aliphatic carbocycles. The van der Waals surface area contributed by atoms with E-state index in [1.165, 1.54) is 0 Å². The Hall–Kier alpha value is -3.42. The number of nitrogens with zero attached hydrogens (tertiary/aromatic N) is 6. The first kappa shape index (κ1) is 17.0. The van der Waals surface area contributed by atoms with Gasteiger partial charge < -0.3 is 19.9 Å². The van der Waals surface area contributed by atoms with E-state index in [0.29, 0.717) is 5.95 Å². The van der Waals surface area contributed by atoms with Gasteiger partial charge in [-0.1, -0.05) is 12.1 Å². The maximum Gasteiger partial charge on any atom is 0.249 e. The number of anilines is 4. The number of aromatic nitrogens is 4. The van der Waals surface area contributed by atoms with E-state index >= 15 is 0 Å². The summed E-state index contributed by atoms with van der Waals surface area (Å²) < 4.78 is 5.24. The van der Waals surface area contributed by atoms with E-state index in [-0.39, 0.29) is 0 Å². The molecule has 1 saturated heterocycles. The van der Waals surface area contributed by atoms with Crippen molar-refractivity contribution in [3.05, 3.63) is 54.9 Å². The molecule has 2 aromatic heterocycles. The van der Waals surface area contributed by atoms with Gasteiger partial charge in [0.15, 0.2) is 5.82 Å². The lowest BCUT2D eigenvalue weighted by Crippen LogP contribution is -2.47. The number of hydrogen-bond acceptors (Lipinski definition) is 8. The molecule has 27 heavy (non-hydrogen) atoms. The molecule has 0 radical (unpaired) electrons. The van der Waals surface area contributed by atoms with Crippen molar-refractivity contribution < 1.29 is 4.74 Å². The van der Waals surface area contributed by atoms with Gasteiger partial charge in [0.05, 0.1) is 13.3 Å². The van der Waals surface area contributed by atoms with Crippen LogP contribution in [0.4, 0.5) is 23.3 Å². The van der Waals surface area contributed by atoms with Crippen LogP contribution in [0, 0.1) is 0 Å². The SMILES string of the molecule is COc1cccc(Nc2nncc(N3CCN(c4ccccn4)CC3)n2)c1. The fourth-order valence-electron chi connectivity index (χ4n) is 3.04. The summed E-state index contributed by atoms with van der Waals surface area (Å²) in [5, 5.41) is 11.4. The molecule has 1 aromatic carbocycles. The molecule has 0 amide bonds. The molecular formula is C19H21N7O. The molecule has 0 unspecified atom stereocenters. The Morgan fingerprint density at radius 3 is 2.52 bits per heavy atom. The van der Waals surface area contributed by atoms with Gasteiger partial charge >= 0.3 is 0 Å². The van der Waals surface area contributed by atoms with E-state index in [9.17, 15) is 0 Å². The summed E-state index contributed by atoms with van der Waals surface area (Å²) in [7, 11) is 1.64. The lowest BCUT2D eigenvalue weighted by Gasteiger charge is -2.35. The van der Waals surface area contributed by atoms with Gasteiger partial charge in [-0.3, -0.25) is 0 Å². The summed E-state index contributed by atoms with van der Waals surface area (Å²) >= 11 is 0. The second-order valence-electron chi connectivity index (χ2n) is 6.16. The predicted octanol–water partition coefficient (Wildman–Crippen LogP) is 2.35. The monoisotopic (exact) mass is 363 g/mol. The number of ether oxygens (including phenoxy) is 1. The maximum atomic E-state index is 5.24. The summed E-state index contributed by atoms with van der Waals surface area (Å²) in [6.07, 6.45) is 3.53. The van der Waals surface area contributed by atoms with E-state index in [2.05, 4.69) is 35.3 Å². The quantitative estimate of drug-likeness (QED) is 0.740. The predicted molar refractivity (Wildman–Crippen MR) is 105 cm³/mol. The minimum atomic E-state index is 0.466. The Kier molecular flexibility index (Phi) is 4.95. The standard InChI is InChI=1S/C19H21N7O/c1-27-16-6-4-5-15(13-16)22-19-23-18(14-21-24-19)26-11-9-25(10-12-26)17-7-2-3-8-20-17/h2-8,13-14H,9-12H2,1H3,(H,22,23,24). The lowest BCUT2D eigenvalue weighted by atomic mass is 10.3. The summed E-state index contributed by atoms with van der Waals surface area (Å²) in [5.74, 6) is 3.07. The summed E-state index contributed by atoms with van der Waals surface area (Å²) in [5.41, 5.74) is 0.855. The number of hydrogen-bond donors (Lipinski definition) is 1. The molecule has 4 rings (SSSR count). The van der Waals surface area contributed by atoms with Crippen LogP contribution in [0.1, 0.15) is 0 Å². The third-order valence-electron chi connectivity index (χ3n) is 4.45. The van der Waals surface area contributed by atoms with Crippen molar-refractivity contribution in [1.82, 2.24) is 20.2 Å². The average Bonchev–Trinajstić information content (AvgIpc) is 2.75. The number of piperazine rings is 1. The minimum absolute atomic E-state index is 0.466. The second kappa shape index (κ2) is 7.86. The van der Waals surface area contributed by atoms with Crippen molar-refractivity contribution in [2.24, 2.45) is 0 Å². The van der Waals surface area contributed by atoms with Gasteiger partial charge in [-0.05, 0) is 24.3 Å². The Labute approximate surface area is 157 Å². The van der Waals surface area contributed by atoms with Crippen molar-refractivity contribution in [3.63, 3.8) is 0 Å². The Morgan fingerprint density at radius 2 is 1.78 bits per heavy atom. The Bertz CT molecular complexity index is 882. The highest BCUT2D eigenvalue weighted by atomic mass is 16.5. The van der Waals surface area contributed by atoms with E-state index in [0.717, 1.165) is 49.3 Å². The molecule has 1 aliphatic heterocycles. The van der Waals surface area contributed by atoms with Crippen LogP contribution in [0.3, 0.4) is 0 Å². The third-order valence-corrected chi connectivity index (χ3v) is 4.45. The van der Waals surface area contributed by atoms with Crippen LogP contribution in [-0.2, 0) is 0 Å². The highest BCUT2D eigenvalue weighted by Gasteiger charge is 2.19. The topological polar surface area (TPSA) is 79.3 Å². The van der Waals surface area contributed by atoms with Crippen molar-refractivity contribution in [1.29, 1.82) is 0 Å². The third kappa shape index (κ3) is 4.05. The fourth-order valence-corrected chi connectivity index (χ4v) is 3.04. The number of methoxy groups -OCH3 is 1. The first-order chi connectivity index (χ1) is 13.3. The van der Waals surface area contributed by atoms with Crippen LogP contribution in [0.5, 0.6) is 5.75 Å². The molecular weight excluding hydrogens is 342 g/mol. The highest BCUT2D eigenvalue weighted by molar-refractivity contribution is 5.57. The van der Waals surface area contributed by atoms with Crippen molar-refractivity contribution in [2.45, 2.75) is 0 Å². The van der Waals surface area contributed by atoms with E-state index in [4.69, 9.17) is 4.74 Å². The van der Waals surface area contributed by atoms with Crippen molar-refractivity contribution in [2.75, 3.05) is 48.4 Å². The molecule has 0 spiro atoms. The smallest absolute Gasteiger partial charge is 0.249 e. The molecule has 0 atom stereocenters. The van der Waals surface area contributed by atoms with Gasteiger partial charge in [0.25, 0.3) is 0 Å². The Morgan fingerprint density at radius 1 is 0.963 bits per heavy atom.